The molecule has 1 unspecified atom stereocenters. The van der Waals surface area contributed by atoms with Gasteiger partial charge in [-0.25, -0.2) is 8.42 Å². The number of hydrogen-bond acceptors (Lipinski definition) is 5. The quantitative estimate of drug-likeness (QED) is 0.650. The Morgan fingerprint density at radius 1 is 1.33 bits per heavy atom. The van der Waals surface area contributed by atoms with Crippen molar-refractivity contribution in [3.63, 3.8) is 0 Å². The molecule has 2 aliphatic rings. The average Bonchev–Trinajstić information content (AvgIpc) is 2.24. The van der Waals surface area contributed by atoms with Crippen LogP contribution in [0.3, 0.4) is 0 Å². The van der Waals surface area contributed by atoms with Crippen LogP contribution in [0.5, 0.6) is 0 Å². The van der Waals surface area contributed by atoms with Crippen molar-refractivity contribution in [2.24, 2.45) is 5.73 Å². The summed E-state index contributed by atoms with van der Waals surface area (Å²) in [4.78, 5) is 0. The van der Waals surface area contributed by atoms with Crippen LogP contribution in [0.4, 0.5) is 0 Å². The van der Waals surface area contributed by atoms with Crippen LogP contribution in [-0.4, -0.2) is 51.4 Å². The maximum Gasteiger partial charge on any atom is 0.150 e. The van der Waals surface area contributed by atoms with E-state index in [1.807, 2.05) is 0 Å². The molecule has 0 aromatic carbocycles. The molecule has 2 aliphatic heterocycles. The van der Waals surface area contributed by atoms with E-state index in [9.17, 15) is 8.42 Å². The van der Waals surface area contributed by atoms with Gasteiger partial charge in [0.1, 0.15) is 0 Å². The van der Waals surface area contributed by atoms with Gasteiger partial charge in [-0.05, 0) is 12.8 Å². The van der Waals surface area contributed by atoms with E-state index in [1.54, 1.807) is 0 Å². The normalized spacial score (nSPS) is 34.1. The molecule has 1 atom stereocenters. The molecule has 0 amide bonds. The van der Waals surface area contributed by atoms with Gasteiger partial charge >= 0.3 is 0 Å². The van der Waals surface area contributed by atoms with Gasteiger partial charge in [0.25, 0.3) is 0 Å². The summed E-state index contributed by atoms with van der Waals surface area (Å²) >= 11 is 0. The number of ether oxygens (including phenoxy) is 2. The summed E-state index contributed by atoms with van der Waals surface area (Å²) in [6, 6.07) is 0. The Labute approximate surface area is 89.8 Å². The summed E-state index contributed by atoms with van der Waals surface area (Å²) in [6.45, 7) is 1.44. The summed E-state index contributed by atoms with van der Waals surface area (Å²) in [7, 11) is -2.85. The standard InChI is InChI=1S/C9H17NO4S/c10-5-8-6-13-7-9(14-8)1-3-15(11,12)4-2-9/h8H,1-7,10H2. The van der Waals surface area contributed by atoms with E-state index in [0.717, 1.165) is 0 Å². The predicted molar refractivity (Wildman–Crippen MR) is 55.4 cm³/mol. The molecule has 1 spiro atoms. The third-order valence-corrected chi connectivity index (χ3v) is 4.74. The lowest BCUT2D eigenvalue weighted by Gasteiger charge is -2.42. The van der Waals surface area contributed by atoms with Crippen LogP contribution in [0.25, 0.3) is 0 Å². The van der Waals surface area contributed by atoms with Gasteiger partial charge in [-0.15, -0.1) is 0 Å². The molecule has 2 heterocycles. The van der Waals surface area contributed by atoms with Gasteiger partial charge in [-0.3, -0.25) is 0 Å². The van der Waals surface area contributed by atoms with Crippen LogP contribution >= 0.6 is 0 Å². The third-order valence-electron chi connectivity index (χ3n) is 3.09. The van der Waals surface area contributed by atoms with Crippen molar-refractivity contribution in [1.82, 2.24) is 0 Å². The zero-order chi connectivity index (χ0) is 10.9. The summed E-state index contributed by atoms with van der Waals surface area (Å²) < 4.78 is 33.9. The number of rotatable bonds is 1. The van der Waals surface area contributed by atoms with E-state index >= 15 is 0 Å². The lowest BCUT2D eigenvalue weighted by molar-refractivity contribution is -0.198. The van der Waals surface area contributed by atoms with Crippen molar-refractivity contribution in [2.75, 3.05) is 31.3 Å². The molecular weight excluding hydrogens is 218 g/mol. The van der Waals surface area contributed by atoms with E-state index < -0.39 is 15.4 Å². The fourth-order valence-corrected chi connectivity index (χ4v) is 3.66. The van der Waals surface area contributed by atoms with E-state index in [0.29, 0.717) is 32.6 Å². The third kappa shape index (κ3) is 2.50. The first kappa shape index (κ1) is 11.3. The average molecular weight is 235 g/mol. The highest BCUT2D eigenvalue weighted by molar-refractivity contribution is 7.91. The number of nitrogens with two attached hydrogens (primary N) is 1. The highest BCUT2D eigenvalue weighted by Gasteiger charge is 2.42. The van der Waals surface area contributed by atoms with Crippen molar-refractivity contribution < 1.29 is 17.9 Å². The van der Waals surface area contributed by atoms with Crippen LogP contribution in [0.1, 0.15) is 12.8 Å². The van der Waals surface area contributed by atoms with Crippen molar-refractivity contribution in [3.8, 4) is 0 Å². The van der Waals surface area contributed by atoms with E-state index in [1.165, 1.54) is 0 Å². The largest absolute Gasteiger partial charge is 0.376 e. The Balaban J connectivity index is 2.02. The Kier molecular flexibility index (Phi) is 3.03. The lowest BCUT2D eigenvalue weighted by Crippen LogP contribution is -2.53. The highest BCUT2D eigenvalue weighted by Crippen LogP contribution is 2.31. The van der Waals surface area contributed by atoms with E-state index in [2.05, 4.69) is 0 Å². The summed E-state index contributed by atoms with van der Waals surface area (Å²) in [5.74, 6) is 0.404. The van der Waals surface area contributed by atoms with Gasteiger partial charge in [-0.2, -0.15) is 0 Å². The zero-order valence-corrected chi connectivity index (χ0v) is 9.46. The first-order chi connectivity index (χ1) is 7.05. The first-order valence-corrected chi connectivity index (χ1v) is 7.03. The lowest BCUT2D eigenvalue weighted by atomic mass is 9.96. The summed E-state index contributed by atoms with van der Waals surface area (Å²) in [5, 5.41) is 0. The first-order valence-electron chi connectivity index (χ1n) is 5.21. The van der Waals surface area contributed by atoms with E-state index in [4.69, 9.17) is 15.2 Å². The predicted octanol–water partition coefficient (Wildman–Crippen LogP) is -0.692. The molecule has 0 saturated carbocycles. The second-order valence-corrected chi connectivity index (χ2v) is 6.63. The Morgan fingerprint density at radius 2 is 2.00 bits per heavy atom. The summed E-state index contributed by atoms with van der Waals surface area (Å²) in [5.41, 5.74) is 5.13. The molecule has 2 N–H and O–H groups in total. The fourth-order valence-electron chi connectivity index (χ4n) is 2.09. The molecule has 2 saturated heterocycles. The molecule has 2 fully saturated rings. The molecule has 0 aliphatic carbocycles. The monoisotopic (exact) mass is 235 g/mol. The number of sulfone groups is 1. The molecule has 6 heteroatoms. The highest BCUT2D eigenvalue weighted by atomic mass is 32.2. The minimum absolute atomic E-state index is 0.0837. The second-order valence-electron chi connectivity index (χ2n) is 4.33. The van der Waals surface area contributed by atoms with Crippen molar-refractivity contribution in [1.29, 1.82) is 0 Å². The summed E-state index contributed by atoms with van der Waals surface area (Å²) in [6.07, 6.45) is 0.983. The van der Waals surface area contributed by atoms with Crippen molar-refractivity contribution in [2.45, 2.75) is 24.5 Å². The molecule has 2 rings (SSSR count). The van der Waals surface area contributed by atoms with Gasteiger partial charge in [0.2, 0.25) is 0 Å². The van der Waals surface area contributed by atoms with Crippen LogP contribution < -0.4 is 5.73 Å². The maximum atomic E-state index is 11.3. The molecule has 0 radical (unpaired) electrons. The van der Waals surface area contributed by atoms with Gasteiger partial charge in [0.05, 0.1) is 36.4 Å². The molecular formula is C9H17NO4S. The molecule has 0 aromatic rings. The minimum atomic E-state index is -2.85. The van der Waals surface area contributed by atoms with Crippen molar-refractivity contribution >= 4 is 9.84 Å². The molecule has 88 valence electrons. The van der Waals surface area contributed by atoms with E-state index in [-0.39, 0.29) is 17.6 Å². The topological polar surface area (TPSA) is 78.6 Å². The molecule has 5 nitrogen and oxygen atoms in total. The molecule has 15 heavy (non-hydrogen) atoms. The van der Waals surface area contributed by atoms with Crippen LogP contribution in [0, 0.1) is 0 Å². The number of hydrogen-bond donors (Lipinski definition) is 1. The van der Waals surface area contributed by atoms with Gasteiger partial charge in [0, 0.05) is 6.54 Å². The van der Waals surface area contributed by atoms with Crippen LogP contribution in [0.2, 0.25) is 0 Å². The Morgan fingerprint density at radius 3 is 2.60 bits per heavy atom. The SMILES string of the molecule is NCC1COCC2(CCS(=O)(=O)CC2)O1. The molecule has 0 bridgehead atoms. The Hall–Kier alpha value is -0.170. The van der Waals surface area contributed by atoms with Gasteiger partial charge in [0.15, 0.2) is 9.84 Å². The maximum absolute atomic E-state index is 11.3. The smallest absolute Gasteiger partial charge is 0.150 e. The van der Waals surface area contributed by atoms with Gasteiger partial charge in [-0.1, -0.05) is 0 Å². The van der Waals surface area contributed by atoms with Crippen LogP contribution in [-0.2, 0) is 19.3 Å². The van der Waals surface area contributed by atoms with Crippen molar-refractivity contribution in [3.05, 3.63) is 0 Å². The molecule has 0 aromatic heterocycles. The van der Waals surface area contributed by atoms with Gasteiger partial charge < -0.3 is 15.2 Å². The fraction of sp³-hybridized carbons (Fsp3) is 1.00. The Bertz CT molecular complexity index is 313. The minimum Gasteiger partial charge on any atom is -0.376 e. The second kappa shape index (κ2) is 4.01. The van der Waals surface area contributed by atoms with Crippen LogP contribution in [0.15, 0.2) is 0 Å². The zero-order valence-electron chi connectivity index (χ0n) is 8.65.